The number of nitrogens with one attached hydrogen (secondary N) is 1. The van der Waals surface area contributed by atoms with Crippen LogP contribution in [-0.2, 0) is 0 Å². The monoisotopic (exact) mass is 362 g/mol. The lowest BCUT2D eigenvalue weighted by Crippen LogP contribution is -2.13. The predicted octanol–water partition coefficient (Wildman–Crippen LogP) is 3.71. The van der Waals surface area contributed by atoms with Crippen molar-refractivity contribution < 1.29 is 4.74 Å². The summed E-state index contributed by atoms with van der Waals surface area (Å²) >= 11 is 0. The molecule has 4 aromatic rings. The number of fused-ring (bicyclic) bond motifs is 1. The highest BCUT2D eigenvalue weighted by Crippen LogP contribution is 2.25. The van der Waals surface area contributed by atoms with Crippen LogP contribution in [0.5, 0.6) is 5.75 Å². The minimum atomic E-state index is 0.0530. The molecule has 1 atom stereocenters. The van der Waals surface area contributed by atoms with Crippen LogP contribution in [0.15, 0.2) is 48.9 Å². The quantitative estimate of drug-likeness (QED) is 0.586. The van der Waals surface area contributed by atoms with Gasteiger partial charge in [-0.1, -0.05) is 6.07 Å². The molecule has 0 bridgehead atoms. The van der Waals surface area contributed by atoms with Gasteiger partial charge in [-0.25, -0.2) is 9.67 Å². The molecule has 0 spiro atoms. The van der Waals surface area contributed by atoms with E-state index in [1.54, 1.807) is 13.3 Å². The van der Waals surface area contributed by atoms with Crippen LogP contribution in [0.3, 0.4) is 0 Å². The molecule has 0 saturated carbocycles. The normalized spacial score (nSPS) is 12.3. The molecule has 0 fully saturated rings. The molecule has 4 rings (SSSR count). The van der Waals surface area contributed by atoms with Crippen LogP contribution < -0.4 is 10.1 Å². The SMILES string of the molecule is COc1cccc(-n2cc(C(C)Nc3c(C)c(C)nc4ccnn34)cn2)c1. The zero-order valence-electron chi connectivity index (χ0n) is 15.8. The van der Waals surface area contributed by atoms with Crippen LogP contribution in [0.2, 0.25) is 0 Å². The fourth-order valence-electron chi connectivity index (χ4n) is 3.05. The van der Waals surface area contributed by atoms with Gasteiger partial charge in [0.15, 0.2) is 5.65 Å². The van der Waals surface area contributed by atoms with Gasteiger partial charge in [-0.3, -0.25) is 0 Å². The van der Waals surface area contributed by atoms with Crippen molar-refractivity contribution in [2.45, 2.75) is 26.8 Å². The summed E-state index contributed by atoms with van der Waals surface area (Å²) in [6.45, 7) is 6.18. The number of nitrogens with zero attached hydrogens (tertiary/aromatic N) is 5. The Morgan fingerprint density at radius 2 is 2.00 bits per heavy atom. The zero-order valence-corrected chi connectivity index (χ0v) is 15.8. The standard InChI is InChI=1S/C20H22N6O/c1-13-14(2)23-19-8-9-21-26(19)20(13)24-15(3)16-11-22-25(12-16)17-6-5-7-18(10-17)27-4/h5-12,15,24H,1-4H3. The number of ether oxygens (including phenoxy) is 1. The molecule has 0 saturated heterocycles. The van der Waals surface area contributed by atoms with E-state index < -0.39 is 0 Å². The average Bonchev–Trinajstić information content (AvgIpc) is 3.35. The van der Waals surface area contributed by atoms with Gasteiger partial charge in [0.1, 0.15) is 11.6 Å². The van der Waals surface area contributed by atoms with Gasteiger partial charge in [0.2, 0.25) is 0 Å². The van der Waals surface area contributed by atoms with E-state index in [1.807, 2.05) is 58.8 Å². The number of aryl methyl sites for hydroxylation is 1. The summed E-state index contributed by atoms with van der Waals surface area (Å²) < 4.78 is 8.99. The lowest BCUT2D eigenvalue weighted by atomic mass is 10.1. The molecule has 0 aliphatic rings. The lowest BCUT2D eigenvalue weighted by Gasteiger charge is -2.17. The number of rotatable bonds is 5. The summed E-state index contributed by atoms with van der Waals surface area (Å²) in [5, 5.41) is 12.5. The van der Waals surface area contributed by atoms with Crippen LogP contribution in [0.1, 0.15) is 29.8 Å². The Kier molecular flexibility index (Phi) is 4.27. The molecule has 0 aliphatic carbocycles. The van der Waals surface area contributed by atoms with Crippen LogP contribution in [0, 0.1) is 13.8 Å². The van der Waals surface area contributed by atoms with Crippen LogP contribution in [0.25, 0.3) is 11.3 Å². The highest BCUT2D eigenvalue weighted by Gasteiger charge is 2.15. The summed E-state index contributed by atoms with van der Waals surface area (Å²) in [5.74, 6) is 1.75. The van der Waals surface area contributed by atoms with E-state index in [0.29, 0.717) is 0 Å². The average molecular weight is 362 g/mol. The van der Waals surface area contributed by atoms with Crippen molar-refractivity contribution >= 4 is 11.5 Å². The molecule has 27 heavy (non-hydrogen) atoms. The molecule has 0 amide bonds. The third-order valence-corrected chi connectivity index (χ3v) is 4.79. The zero-order chi connectivity index (χ0) is 19.0. The highest BCUT2D eigenvalue weighted by molar-refractivity contribution is 5.55. The Morgan fingerprint density at radius 3 is 2.81 bits per heavy atom. The van der Waals surface area contributed by atoms with E-state index in [-0.39, 0.29) is 6.04 Å². The molecular formula is C20H22N6O. The summed E-state index contributed by atoms with van der Waals surface area (Å²) in [6, 6.07) is 9.79. The van der Waals surface area contributed by atoms with Gasteiger partial charge >= 0.3 is 0 Å². The van der Waals surface area contributed by atoms with Gasteiger partial charge in [0.05, 0.1) is 31.2 Å². The van der Waals surface area contributed by atoms with E-state index in [2.05, 4.69) is 34.3 Å². The maximum atomic E-state index is 5.30. The van der Waals surface area contributed by atoms with Crippen LogP contribution >= 0.6 is 0 Å². The van der Waals surface area contributed by atoms with Gasteiger partial charge in [0.25, 0.3) is 0 Å². The highest BCUT2D eigenvalue weighted by atomic mass is 16.5. The maximum absolute atomic E-state index is 5.30. The van der Waals surface area contributed by atoms with Gasteiger partial charge in [-0.15, -0.1) is 0 Å². The number of methoxy groups -OCH3 is 1. The molecular weight excluding hydrogens is 340 g/mol. The minimum absolute atomic E-state index is 0.0530. The van der Waals surface area contributed by atoms with Gasteiger partial charge in [0, 0.05) is 35.2 Å². The Morgan fingerprint density at radius 1 is 1.15 bits per heavy atom. The second-order valence-electron chi connectivity index (χ2n) is 6.56. The third kappa shape index (κ3) is 3.12. The molecule has 7 heteroatoms. The van der Waals surface area contributed by atoms with Crippen molar-refractivity contribution in [2.75, 3.05) is 12.4 Å². The van der Waals surface area contributed by atoms with Crippen molar-refractivity contribution in [1.82, 2.24) is 24.4 Å². The van der Waals surface area contributed by atoms with E-state index in [1.165, 1.54) is 0 Å². The topological polar surface area (TPSA) is 69.3 Å². The van der Waals surface area contributed by atoms with Gasteiger partial charge < -0.3 is 10.1 Å². The van der Waals surface area contributed by atoms with Gasteiger partial charge in [-0.2, -0.15) is 14.7 Å². The molecule has 1 aromatic carbocycles. The summed E-state index contributed by atoms with van der Waals surface area (Å²) in [5.41, 5.74) is 4.94. The molecule has 0 radical (unpaired) electrons. The second-order valence-corrected chi connectivity index (χ2v) is 6.56. The fourth-order valence-corrected chi connectivity index (χ4v) is 3.05. The lowest BCUT2D eigenvalue weighted by molar-refractivity contribution is 0.414. The Balaban J connectivity index is 1.63. The Hall–Kier alpha value is -3.35. The molecule has 0 aliphatic heterocycles. The molecule has 3 heterocycles. The Bertz CT molecular complexity index is 1100. The van der Waals surface area contributed by atoms with Crippen molar-refractivity contribution in [3.63, 3.8) is 0 Å². The smallest absolute Gasteiger partial charge is 0.157 e. The molecule has 1 unspecified atom stereocenters. The number of hydrogen-bond donors (Lipinski definition) is 1. The number of benzene rings is 1. The van der Waals surface area contributed by atoms with Crippen molar-refractivity contribution in [3.8, 4) is 11.4 Å². The molecule has 1 N–H and O–H groups in total. The first-order chi connectivity index (χ1) is 13.1. The third-order valence-electron chi connectivity index (χ3n) is 4.79. The first-order valence-corrected chi connectivity index (χ1v) is 8.83. The largest absolute Gasteiger partial charge is 0.497 e. The van der Waals surface area contributed by atoms with Crippen molar-refractivity contribution in [1.29, 1.82) is 0 Å². The van der Waals surface area contributed by atoms with Crippen LogP contribution in [0.4, 0.5) is 5.82 Å². The molecule has 138 valence electrons. The Labute approximate surface area is 157 Å². The molecule has 3 aromatic heterocycles. The van der Waals surface area contributed by atoms with Gasteiger partial charge in [-0.05, 0) is 32.9 Å². The van der Waals surface area contributed by atoms with E-state index in [9.17, 15) is 0 Å². The maximum Gasteiger partial charge on any atom is 0.157 e. The van der Waals surface area contributed by atoms with E-state index >= 15 is 0 Å². The fraction of sp³-hybridized carbons (Fsp3) is 0.250. The second kappa shape index (κ2) is 6.75. The van der Waals surface area contributed by atoms with E-state index in [4.69, 9.17) is 4.74 Å². The minimum Gasteiger partial charge on any atom is -0.497 e. The number of aromatic nitrogens is 5. The summed E-state index contributed by atoms with van der Waals surface area (Å²) in [7, 11) is 1.66. The predicted molar refractivity (Wildman–Crippen MR) is 105 cm³/mol. The molecule has 7 nitrogen and oxygen atoms in total. The van der Waals surface area contributed by atoms with E-state index in [0.717, 1.165) is 39.7 Å². The van der Waals surface area contributed by atoms with Crippen molar-refractivity contribution in [2.24, 2.45) is 0 Å². The summed E-state index contributed by atoms with van der Waals surface area (Å²) in [6.07, 6.45) is 5.66. The summed E-state index contributed by atoms with van der Waals surface area (Å²) in [4.78, 5) is 4.57. The van der Waals surface area contributed by atoms with Crippen molar-refractivity contribution in [3.05, 3.63) is 65.7 Å². The first kappa shape index (κ1) is 17.1. The number of anilines is 1. The van der Waals surface area contributed by atoms with Crippen LogP contribution in [-0.4, -0.2) is 31.5 Å². The first-order valence-electron chi connectivity index (χ1n) is 8.83. The number of hydrogen-bond acceptors (Lipinski definition) is 5.